The molecule has 28 heavy (non-hydrogen) atoms. The molecule has 0 saturated heterocycles. The van der Waals surface area contributed by atoms with E-state index in [2.05, 4.69) is 15.0 Å². The molecule has 3 heterocycles. The van der Waals surface area contributed by atoms with E-state index in [0.717, 1.165) is 0 Å². The Morgan fingerprint density at radius 1 is 1.14 bits per heavy atom. The number of imidazole rings is 1. The maximum absolute atomic E-state index is 12.5. The van der Waals surface area contributed by atoms with Crippen LogP contribution in [0.5, 0.6) is 11.5 Å². The van der Waals surface area contributed by atoms with Gasteiger partial charge < -0.3 is 24.0 Å². The Bertz CT molecular complexity index is 1250. The molecular formula is C19H17ClN4O4. The van der Waals surface area contributed by atoms with Crippen LogP contribution in [-0.4, -0.2) is 38.7 Å². The summed E-state index contributed by atoms with van der Waals surface area (Å²) in [5, 5.41) is 10.2. The van der Waals surface area contributed by atoms with Crippen LogP contribution in [0.15, 0.2) is 35.4 Å². The number of nitrogens with zero attached hydrogens (tertiary/aromatic N) is 3. The first-order chi connectivity index (χ1) is 13.5. The molecule has 3 aromatic heterocycles. The van der Waals surface area contributed by atoms with Gasteiger partial charge in [0, 0.05) is 30.4 Å². The first-order valence-electron chi connectivity index (χ1n) is 8.44. The summed E-state index contributed by atoms with van der Waals surface area (Å²) in [6.45, 7) is -0.164. The average molecular weight is 401 g/mol. The Kier molecular flexibility index (Phi) is 4.66. The molecule has 0 spiro atoms. The summed E-state index contributed by atoms with van der Waals surface area (Å²) in [4.78, 5) is 24.3. The highest BCUT2D eigenvalue weighted by Gasteiger charge is 2.13. The van der Waals surface area contributed by atoms with Gasteiger partial charge in [0.2, 0.25) is 0 Å². The topological polar surface area (TPSA) is 102 Å². The first kappa shape index (κ1) is 18.3. The molecule has 2 N–H and O–H groups in total. The second-order valence-corrected chi connectivity index (χ2v) is 6.62. The number of hydrogen-bond acceptors (Lipinski definition) is 6. The number of halogens is 1. The SMILES string of the molecule is COc1cc2nc(Cc3cn4cc(Cl)c(CO)cc4n3)[nH]c(=O)c2cc1OC. The lowest BCUT2D eigenvalue weighted by molar-refractivity contribution is 0.282. The van der Waals surface area contributed by atoms with Gasteiger partial charge >= 0.3 is 0 Å². The average Bonchev–Trinajstić information content (AvgIpc) is 3.07. The van der Waals surface area contributed by atoms with Crippen molar-refractivity contribution in [3.05, 3.63) is 63.1 Å². The summed E-state index contributed by atoms with van der Waals surface area (Å²) in [5.41, 5.74) is 2.19. The fourth-order valence-electron chi connectivity index (χ4n) is 3.08. The summed E-state index contributed by atoms with van der Waals surface area (Å²) < 4.78 is 12.3. The number of H-pyrrole nitrogens is 1. The van der Waals surface area contributed by atoms with Crippen molar-refractivity contribution in [1.29, 1.82) is 0 Å². The highest BCUT2D eigenvalue weighted by molar-refractivity contribution is 6.31. The van der Waals surface area contributed by atoms with Crippen molar-refractivity contribution in [2.45, 2.75) is 13.0 Å². The second kappa shape index (κ2) is 7.14. The third kappa shape index (κ3) is 3.17. The second-order valence-electron chi connectivity index (χ2n) is 6.22. The molecule has 9 heteroatoms. The zero-order valence-electron chi connectivity index (χ0n) is 15.2. The largest absolute Gasteiger partial charge is 0.493 e. The highest BCUT2D eigenvalue weighted by atomic mass is 35.5. The number of nitrogens with one attached hydrogen (secondary N) is 1. The highest BCUT2D eigenvalue weighted by Crippen LogP contribution is 2.30. The molecule has 0 saturated carbocycles. The smallest absolute Gasteiger partial charge is 0.258 e. The van der Waals surface area contributed by atoms with E-state index in [1.54, 1.807) is 35.0 Å². The van der Waals surface area contributed by atoms with E-state index in [0.29, 0.717) is 56.6 Å². The number of pyridine rings is 1. The Hall–Kier alpha value is -3.10. The Morgan fingerprint density at radius 3 is 2.61 bits per heavy atom. The van der Waals surface area contributed by atoms with E-state index in [9.17, 15) is 9.90 Å². The van der Waals surface area contributed by atoms with Crippen LogP contribution in [0.2, 0.25) is 5.02 Å². The van der Waals surface area contributed by atoms with Crippen molar-refractivity contribution < 1.29 is 14.6 Å². The van der Waals surface area contributed by atoms with Gasteiger partial charge in [-0.25, -0.2) is 9.97 Å². The van der Waals surface area contributed by atoms with E-state index in [1.165, 1.54) is 14.2 Å². The van der Waals surface area contributed by atoms with E-state index in [-0.39, 0.29) is 12.2 Å². The number of aromatic nitrogens is 4. The third-order valence-corrected chi connectivity index (χ3v) is 4.79. The van der Waals surface area contributed by atoms with Gasteiger partial charge in [-0.05, 0) is 12.1 Å². The number of aromatic amines is 1. The molecule has 0 aliphatic rings. The monoisotopic (exact) mass is 400 g/mol. The van der Waals surface area contributed by atoms with Gasteiger partial charge in [-0.1, -0.05) is 11.6 Å². The summed E-state index contributed by atoms with van der Waals surface area (Å²) >= 11 is 6.12. The molecule has 8 nitrogen and oxygen atoms in total. The molecule has 0 aliphatic heterocycles. The summed E-state index contributed by atoms with van der Waals surface area (Å²) in [5.74, 6) is 1.44. The Balaban J connectivity index is 1.75. The molecule has 4 rings (SSSR count). The van der Waals surface area contributed by atoms with Crippen LogP contribution in [0.3, 0.4) is 0 Å². The molecule has 0 radical (unpaired) electrons. The fraction of sp³-hybridized carbons (Fsp3) is 0.211. The molecule has 144 valence electrons. The predicted octanol–water partition coefficient (Wildman–Crippen LogP) is 2.32. The number of methoxy groups -OCH3 is 2. The van der Waals surface area contributed by atoms with E-state index in [1.807, 2.05) is 0 Å². The number of rotatable bonds is 5. The number of fused-ring (bicyclic) bond motifs is 2. The maximum atomic E-state index is 12.5. The van der Waals surface area contributed by atoms with Gasteiger partial charge in [0.15, 0.2) is 11.5 Å². The zero-order valence-corrected chi connectivity index (χ0v) is 15.9. The van der Waals surface area contributed by atoms with Crippen LogP contribution < -0.4 is 15.0 Å². The lowest BCUT2D eigenvalue weighted by Gasteiger charge is -2.09. The lowest BCUT2D eigenvalue weighted by Crippen LogP contribution is -2.12. The van der Waals surface area contributed by atoms with Crippen LogP contribution >= 0.6 is 11.6 Å². The molecule has 0 amide bonds. The van der Waals surface area contributed by atoms with Crippen molar-refractivity contribution in [2.24, 2.45) is 0 Å². The fourth-order valence-corrected chi connectivity index (χ4v) is 3.30. The van der Waals surface area contributed by atoms with E-state index in [4.69, 9.17) is 21.1 Å². The molecule has 4 aromatic rings. The minimum absolute atomic E-state index is 0.164. The summed E-state index contributed by atoms with van der Waals surface area (Å²) in [6, 6.07) is 5.00. The quantitative estimate of drug-likeness (QED) is 0.533. The number of aliphatic hydroxyl groups is 1. The van der Waals surface area contributed by atoms with Crippen LogP contribution in [0, 0.1) is 0 Å². The number of aliphatic hydroxyl groups excluding tert-OH is 1. The van der Waals surface area contributed by atoms with Gasteiger partial charge in [-0.3, -0.25) is 4.79 Å². The first-order valence-corrected chi connectivity index (χ1v) is 8.82. The van der Waals surface area contributed by atoms with Crippen LogP contribution in [0.25, 0.3) is 16.6 Å². The maximum Gasteiger partial charge on any atom is 0.258 e. The van der Waals surface area contributed by atoms with Crippen LogP contribution in [0.1, 0.15) is 17.1 Å². The standard InChI is InChI=1S/C19H17ClN4O4/c1-27-15-5-12-14(6-16(15)28-2)22-17(23-19(12)26)4-11-7-24-8-13(20)10(9-25)3-18(24)21-11/h3,5-8,25H,4,9H2,1-2H3,(H,22,23,26). The third-order valence-electron chi connectivity index (χ3n) is 4.45. The number of benzene rings is 1. The van der Waals surface area contributed by atoms with E-state index < -0.39 is 0 Å². The van der Waals surface area contributed by atoms with Crippen molar-refractivity contribution >= 4 is 28.2 Å². The minimum atomic E-state index is -0.268. The molecule has 0 bridgehead atoms. The summed E-state index contributed by atoms with van der Waals surface area (Å²) in [6.07, 6.45) is 3.82. The van der Waals surface area contributed by atoms with Crippen LogP contribution in [0.4, 0.5) is 0 Å². The van der Waals surface area contributed by atoms with Gasteiger partial charge in [0.1, 0.15) is 11.5 Å². The lowest BCUT2D eigenvalue weighted by atomic mass is 10.2. The summed E-state index contributed by atoms with van der Waals surface area (Å²) in [7, 11) is 3.04. The predicted molar refractivity (Wildman–Crippen MR) is 104 cm³/mol. The zero-order chi connectivity index (χ0) is 19.8. The number of ether oxygens (including phenoxy) is 2. The van der Waals surface area contributed by atoms with Gasteiger partial charge in [0.25, 0.3) is 5.56 Å². The molecule has 0 unspecified atom stereocenters. The van der Waals surface area contributed by atoms with Crippen LogP contribution in [-0.2, 0) is 13.0 Å². The van der Waals surface area contributed by atoms with Gasteiger partial charge in [-0.2, -0.15) is 0 Å². The molecule has 0 atom stereocenters. The van der Waals surface area contributed by atoms with Crippen molar-refractivity contribution in [3.63, 3.8) is 0 Å². The Morgan fingerprint density at radius 2 is 1.89 bits per heavy atom. The van der Waals surface area contributed by atoms with Gasteiger partial charge in [0.05, 0.1) is 42.4 Å². The van der Waals surface area contributed by atoms with E-state index >= 15 is 0 Å². The number of hydrogen-bond donors (Lipinski definition) is 2. The molecule has 0 fully saturated rings. The normalized spacial score (nSPS) is 11.3. The van der Waals surface area contributed by atoms with Crippen molar-refractivity contribution in [3.8, 4) is 11.5 Å². The minimum Gasteiger partial charge on any atom is -0.493 e. The van der Waals surface area contributed by atoms with Crippen molar-refractivity contribution in [1.82, 2.24) is 19.4 Å². The molecule has 0 aliphatic carbocycles. The Labute approximate surface area is 164 Å². The van der Waals surface area contributed by atoms with Gasteiger partial charge in [-0.15, -0.1) is 0 Å². The molecular weight excluding hydrogens is 384 g/mol. The van der Waals surface area contributed by atoms with Crippen molar-refractivity contribution in [2.75, 3.05) is 14.2 Å². The molecule has 1 aromatic carbocycles.